The Morgan fingerprint density at radius 2 is 0.763 bits per heavy atom. The Bertz CT molecular complexity index is 2190. The zero-order valence-corrected chi connectivity index (χ0v) is 33.0. The molecule has 0 spiro atoms. The normalized spacial score (nSPS) is 29.0. The summed E-state index contributed by atoms with van der Waals surface area (Å²) in [4.78, 5) is 85.3. The van der Waals surface area contributed by atoms with Crippen molar-refractivity contribution in [2.45, 2.75) is 62.1 Å². The fraction of sp³-hybridized carbons (Fsp3) is 0.375. The Kier molecular flexibility index (Phi) is 10.4. The molecule has 0 bridgehead atoms. The number of carbonyl (C=O) groups excluding carboxylic acids is 6. The second kappa shape index (κ2) is 15.9. The number of hydrogen-bond acceptors (Lipinski definition) is 6. The van der Waals surface area contributed by atoms with Crippen molar-refractivity contribution in [2.24, 2.45) is 23.7 Å². The van der Waals surface area contributed by atoms with Gasteiger partial charge in [-0.05, 0) is 61.1 Å². The third-order valence-corrected chi connectivity index (χ3v) is 13.1. The maximum Gasteiger partial charge on any atom is 0.253 e. The van der Waals surface area contributed by atoms with Crippen molar-refractivity contribution in [3.63, 3.8) is 0 Å². The van der Waals surface area contributed by atoms with Crippen LogP contribution < -0.4 is 16.0 Å². The quantitative estimate of drug-likeness (QED) is 0.190. The van der Waals surface area contributed by atoms with Crippen molar-refractivity contribution in [3.05, 3.63) is 143 Å². The Balaban J connectivity index is 0.867. The van der Waals surface area contributed by atoms with Gasteiger partial charge in [0.25, 0.3) is 11.8 Å². The van der Waals surface area contributed by atoms with Crippen LogP contribution in [0, 0.1) is 23.7 Å². The topological polar surface area (TPSA) is 145 Å². The third-order valence-electron chi connectivity index (χ3n) is 13.1. The fourth-order valence-corrected chi connectivity index (χ4v) is 9.44. The average Bonchev–Trinajstić information content (AvgIpc) is 4.23. The summed E-state index contributed by atoms with van der Waals surface area (Å²) in [5.41, 5.74) is 3.99. The molecule has 2 saturated heterocycles. The molecule has 5 amide bonds. The SMILES string of the molecule is CC(=O)[C@@H]1CN(C(=O)c2cccc(C(=O)N3C[C@@H](C(=O)N[C@H]4C[C@@H]4c4ccccc4)[C@H](C(=O)N[C@H]4C[C@@H]4c4ccccc4)C3)c2)C[C@H]1C(=O)N[C@H]1C[C@@H]1c1ccccc1. The van der Waals surface area contributed by atoms with E-state index >= 15 is 0 Å². The predicted molar refractivity (Wildman–Crippen MR) is 220 cm³/mol. The van der Waals surface area contributed by atoms with Crippen LogP contribution in [0.1, 0.15) is 81.3 Å². The monoisotopic (exact) mass is 791 g/mol. The molecule has 3 saturated carbocycles. The molecule has 2 heterocycles. The van der Waals surface area contributed by atoms with Crippen LogP contribution in [0.25, 0.3) is 0 Å². The molecule has 11 nitrogen and oxygen atoms in total. The number of benzene rings is 4. The van der Waals surface area contributed by atoms with Gasteiger partial charge in [0.2, 0.25) is 17.7 Å². The van der Waals surface area contributed by atoms with Crippen LogP contribution in [0.15, 0.2) is 115 Å². The minimum absolute atomic E-state index is 0.00768. The van der Waals surface area contributed by atoms with E-state index in [1.165, 1.54) is 17.9 Å². The lowest BCUT2D eigenvalue weighted by molar-refractivity contribution is -0.133. The van der Waals surface area contributed by atoms with Crippen LogP contribution in [0.3, 0.4) is 0 Å². The molecule has 0 radical (unpaired) electrons. The van der Waals surface area contributed by atoms with Gasteiger partial charge in [0.15, 0.2) is 0 Å². The molecule has 302 valence electrons. The molecule has 9 rings (SSSR count). The number of carbonyl (C=O) groups is 6. The van der Waals surface area contributed by atoms with Gasteiger partial charge in [-0.25, -0.2) is 0 Å². The Morgan fingerprint density at radius 1 is 0.441 bits per heavy atom. The van der Waals surface area contributed by atoms with E-state index in [4.69, 9.17) is 0 Å². The lowest BCUT2D eigenvalue weighted by atomic mass is 9.92. The summed E-state index contributed by atoms with van der Waals surface area (Å²) in [5, 5.41) is 9.47. The van der Waals surface area contributed by atoms with Crippen molar-refractivity contribution in [2.75, 3.05) is 26.2 Å². The van der Waals surface area contributed by atoms with Crippen LogP contribution in [0.5, 0.6) is 0 Å². The number of nitrogens with one attached hydrogen (secondary N) is 3. The summed E-state index contributed by atoms with van der Waals surface area (Å²) in [7, 11) is 0. The first kappa shape index (κ1) is 38.4. The maximum atomic E-state index is 14.2. The Morgan fingerprint density at radius 3 is 1.10 bits per heavy atom. The molecule has 59 heavy (non-hydrogen) atoms. The minimum atomic E-state index is -0.746. The molecule has 5 aliphatic rings. The number of hydrogen-bond donors (Lipinski definition) is 3. The Hall–Kier alpha value is -6.10. The van der Waals surface area contributed by atoms with Crippen LogP contribution in [0.4, 0.5) is 0 Å². The molecule has 5 fully saturated rings. The van der Waals surface area contributed by atoms with Crippen molar-refractivity contribution in [1.82, 2.24) is 25.8 Å². The molecule has 0 aromatic heterocycles. The largest absolute Gasteiger partial charge is 0.352 e. The van der Waals surface area contributed by atoms with E-state index in [2.05, 4.69) is 40.2 Å². The van der Waals surface area contributed by atoms with Gasteiger partial charge >= 0.3 is 0 Å². The molecule has 2 aliphatic heterocycles. The van der Waals surface area contributed by atoms with Crippen molar-refractivity contribution >= 4 is 35.3 Å². The highest BCUT2D eigenvalue weighted by Gasteiger charge is 2.50. The van der Waals surface area contributed by atoms with Crippen LogP contribution >= 0.6 is 0 Å². The third kappa shape index (κ3) is 8.15. The van der Waals surface area contributed by atoms with E-state index in [0.717, 1.165) is 36.0 Å². The molecule has 11 heteroatoms. The van der Waals surface area contributed by atoms with Gasteiger partial charge in [-0.1, -0.05) is 97.1 Å². The maximum absolute atomic E-state index is 14.2. The number of ketones is 1. The van der Waals surface area contributed by atoms with Gasteiger partial charge in [-0.3, -0.25) is 28.8 Å². The zero-order chi connectivity index (χ0) is 40.8. The summed E-state index contributed by atoms with van der Waals surface area (Å²) in [5.74, 6) is -3.77. The first-order valence-corrected chi connectivity index (χ1v) is 20.9. The smallest absolute Gasteiger partial charge is 0.253 e. The van der Waals surface area contributed by atoms with Gasteiger partial charge < -0.3 is 25.8 Å². The molecule has 4 aromatic rings. The van der Waals surface area contributed by atoms with Gasteiger partial charge in [0.1, 0.15) is 5.78 Å². The van der Waals surface area contributed by atoms with Crippen LogP contribution in [-0.2, 0) is 19.2 Å². The predicted octanol–water partition coefficient (Wildman–Crippen LogP) is 4.67. The second-order valence-corrected chi connectivity index (χ2v) is 17.1. The summed E-state index contributed by atoms with van der Waals surface area (Å²) in [6.45, 7) is 1.78. The summed E-state index contributed by atoms with van der Waals surface area (Å²) >= 11 is 0. The van der Waals surface area contributed by atoms with Gasteiger partial charge in [-0.2, -0.15) is 0 Å². The van der Waals surface area contributed by atoms with Crippen LogP contribution in [-0.4, -0.2) is 89.4 Å². The van der Waals surface area contributed by atoms with E-state index in [1.54, 1.807) is 23.1 Å². The van der Waals surface area contributed by atoms with E-state index in [-0.39, 0.29) is 109 Å². The number of nitrogens with zero attached hydrogens (tertiary/aromatic N) is 2. The molecule has 4 aromatic carbocycles. The highest BCUT2D eigenvalue weighted by molar-refractivity contribution is 6.01. The standard InChI is InChI=1S/C48H49N5O6/c1-28(54)37-24-52(25-38(37)44(55)49-41-21-34(41)29-12-5-2-6-13-29)47(58)32-18-11-19-33(20-32)48(59)53-26-39(45(56)50-42-22-35(42)30-14-7-3-8-15-30)40(27-53)46(57)51-43-23-36(43)31-16-9-4-10-17-31/h2-20,34-43H,21-27H2,1H3,(H,49,55)(H,50,56)(H,51,57)/t34-,35-,36-,37+,38-,39-,40-,41+,42+,43+/m1/s1. The molecule has 0 unspecified atom stereocenters. The van der Waals surface area contributed by atoms with E-state index in [0.29, 0.717) is 0 Å². The first-order chi connectivity index (χ1) is 28.6. The lowest BCUT2D eigenvalue weighted by Crippen LogP contribution is -2.43. The zero-order valence-electron chi connectivity index (χ0n) is 33.0. The second-order valence-electron chi connectivity index (χ2n) is 17.1. The summed E-state index contributed by atoms with van der Waals surface area (Å²) in [6.07, 6.45) is 2.46. The molecule has 10 atom stereocenters. The Labute approximate surface area is 343 Å². The van der Waals surface area contributed by atoms with Gasteiger partial charge in [0.05, 0.1) is 17.8 Å². The highest BCUT2D eigenvalue weighted by Crippen LogP contribution is 2.43. The number of Topliss-reactive ketones (excluding diaryl/α,β-unsaturated/α-hetero) is 1. The van der Waals surface area contributed by atoms with Gasteiger partial charge in [-0.15, -0.1) is 0 Å². The average molecular weight is 792 g/mol. The fourth-order valence-electron chi connectivity index (χ4n) is 9.44. The molecular formula is C48H49N5O6. The molecule has 3 aliphatic carbocycles. The number of likely N-dealkylation sites (tertiary alicyclic amines) is 2. The summed E-state index contributed by atoms with van der Waals surface area (Å²) < 4.78 is 0. The van der Waals surface area contributed by atoms with Crippen molar-refractivity contribution in [1.29, 1.82) is 0 Å². The number of rotatable bonds is 12. The molecule has 3 N–H and O–H groups in total. The van der Waals surface area contributed by atoms with E-state index < -0.39 is 23.7 Å². The lowest BCUT2D eigenvalue weighted by Gasteiger charge is -2.19. The first-order valence-electron chi connectivity index (χ1n) is 20.9. The highest BCUT2D eigenvalue weighted by atomic mass is 16.2. The van der Waals surface area contributed by atoms with Crippen molar-refractivity contribution < 1.29 is 28.8 Å². The number of amides is 5. The summed E-state index contributed by atoms with van der Waals surface area (Å²) in [6, 6.07) is 36.4. The van der Waals surface area contributed by atoms with Gasteiger partial charge in [0, 0.05) is 79.1 Å². The van der Waals surface area contributed by atoms with E-state index in [9.17, 15) is 28.8 Å². The minimum Gasteiger partial charge on any atom is -0.352 e. The van der Waals surface area contributed by atoms with Crippen LogP contribution in [0.2, 0.25) is 0 Å². The van der Waals surface area contributed by atoms with E-state index in [1.807, 2.05) is 66.7 Å². The van der Waals surface area contributed by atoms with Crippen molar-refractivity contribution in [3.8, 4) is 0 Å². The molecular weight excluding hydrogens is 743 g/mol.